The maximum atomic E-state index is 4.72. The molecule has 0 radical (unpaired) electrons. The first-order valence-corrected chi connectivity index (χ1v) is 6.98. The fourth-order valence-electron chi connectivity index (χ4n) is 2.31. The van der Waals surface area contributed by atoms with Crippen molar-refractivity contribution >= 4 is 33.1 Å². The Kier molecular flexibility index (Phi) is 2.32. The highest BCUT2D eigenvalue weighted by Gasteiger charge is 2.05. The van der Waals surface area contributed by atoms with E-state index in [1.54, 1.807) is 11.3 Å². The van der Waals surface area contributed by atoms with Gasteiger partial charge in [0, 0.05) is 10.8 Å². The molecule has 3 heteroatoms. The van der Waals surface area contributed by atoms with E-state index in [0.29, 0.717) is 0 Å². The molecule has 0 spiro atoms. The van der Waals surface area contributed by atoms with Crippen LogP contribution in [0.25, 0.3) is 32.4 Å². The molecule has 1 aromatic carbocycles. The quantitative estimate of drug-likeness (QED) is 0.472. The molecule has 4 aromatic rings. The maximum Gasteiger partial charge on any atom is 0.0899 e. The monoisotopic (exact) mass is 262 g/mol. The summed E-state index contributed by atoms with van der Waals surface area (Å²) in [7, 11) is 0. The Hall–Kier alpha value is -2.26. The molecule has 90 valence electrons. The number of aromatic nitrogens is 2. The lowest BCUT2D eigenvalue weighted by Crippen LogP contribution is -1.86. The van der Waals surface area contributed by atoms with Crippen molar-refractivity contribution in [1.29, 1.82) is 0 Å². The standard InChI is InChI=1S/C16H10N2S/c1-2-5-13-11(4-1)12-7-8-14(16-6-3-9-19-16)18-15(12)10-17-13/h1-10H. The van der Waals surface area contributed by atoms with E-state index >= 15 is 0 Å². The summed E-state index contributed by atoms with van der Waals surface area (Å²) in [5.74, 6) is 0. The van der Waals surface area contributed by atoms with Gasteiger partial charge in [0.1, 0.15) is 0 Å². The first kappa shape index (κ1) is 10.6. The number of rotatable bonds is 1. The summed E-state index contributed by atoms with van der Waals surface area (Å²) in [6.45, 7) is 0. The number of fused-ring (bicyclic) bond motifs is 3. The molecule has 0 aliphatic carbocycles. The predicted octanol–water partition coefficient (Wildman–Crippen LogP) is 4.51. The Morgan fingerprint density at radius 1 is 0.789 bits per heavy atom. The summed E-state index contributed by atoms with van der Waals surface area (Å²) in [4.78, 5) is 10.4. The van der Waals surface area contributed by atoms with Gasteiger partial charge in [-0.2, -0.15) is 0 Å². The Morgan fingerprint density at radius 2 is 1.68 bits per heavy atom. The topological polar surface area (TPSA) is 25.8 Å². The molecule has 0 atom stereocenters. The van der Waals surface area contributed by atoms with Crippen molar-refractivity contribution in [3.05, 3.63) is 60.1 Å². The third-order valence-corrected chi connectivity index (χ3v) is 4.11. The molecule has 3 aromatic heterocycles. The average Bonchev–Trinajstić information content (AvgIpc) is 3.01. The van der Waals surface area contributed by atoms with E-state index in [1.807, 2.05) is 30.5 Å². The molecule has 4 rings (SSSR count). The molecule has 0 aliphatic rings. The SMILES string of the molecule is c1csc(-c2ccc3c(cnc4ccccc43)n2)c1. The number of thiophene rings is 1. The summed E-state index contributed by atoms with van der Waals surface area (Å²) < 4.78 is 0. The van der Waals surface area contributed by atoms with Crippen molar-refractivity contribution in [1.82, 2.24) is 9.97 Å². The Morgan fingerprint density at radius 3 is 2.58 bits per heavy atom. The van der Waals surface area contributed by atoms with Crippen LogP contribution in [0.15, 0.2) is 60.1 Å². The van der Waals surface area contributed by atoms with Crippen molar-refractivity contribution in [3.63, 3.8) is 0 Å². The van der Waals surface area contributed by atoms with Gasteiger partial charge in [-0.05, 0) is 29.6 Å². The van der Waals surface area contributed by atoms with Gasteiger partial charge in [-0.3, -0.25) is 4.98 Å². The largest absolute Gasteiger partial charge is 0.254 e. The Bertz CT molecular complexity index is 866. The molecular formula is C16H10N2S. The first-order valence-electron chi connectivity index (χ1n) is 6.10. The first-order chi connectivity index (χ1) is 9.42. The van der Waals surface area contributed by atoms with Gasteiger partial charge in [0.2, 0.25) is 0 Å². The molecule has 0 fully saturated rings. The van der Waals surface area contributed by atoms with Gasteiger partial charge in [0.05, 0.1) is 27.8 Å². The summed E-state index contributed by atoms with van der Waals surface area (Å²) in [6.07, 6.45) is 1.86. The van der Waals surface area contributed by atoms with Crippen LogP contribution < -0.4 is 0 Å². The molecule has 0 unspecified atom stereocenters. The normalized spacial score (nSPS) is 11.2. The Labute approximate surface area is 114 Å². The number of para-hydroxylation sites is 1. The van der Waals surface area contributed by atoms with Crippen LogP contribution in [0.1, 0.15) is 0 Å². The smallest absolute Gasteiger partial charge is 0.0899 e. The minimum absolute atomic E-state index is 0.949. The molecule has 0 bridgehead atoms. The van der Waals surface area contributed by atoms with E-state index < -0.39 is 0 Å². The zero-order valence-electron chi connectivity index (χ0n) is 10.1. The molecule has 0 amide bonds. The van der Waals surface area contributed by atoms with Gasteiger partial charge in [-0.25, -0.2) is 4.98 Å². The third kappa shape index (κ3) is 1.71. The van der Waals surface area contributed by atoms with Gasteiger partial charge in [-0.1, -0.05) is 24.3 Å². The highest BCUT2D eigenvalue weighted by atomic mass is 32.1. The van der Waals surface area contributed by atoms with E-state index in [-0.39, 0.29) is 0 Å². The van der Waals surface area contributed by atoms with Crippen molar-refractivity contribution in [2.45, 2.75) is 0 Å². The van der Waals surface area contributed by atoms with E-state index in [0.717, 1.165) is 27.5 Å². The lowest BCUT2D eigenvalue weighted by molar-refractivity contribution is 1.36. The highest BCUT2D eigenvalue weighted by Crippen LogP contribution is 2.27. The zero-order chi connectivity index (χ0) is 12.7. The van der Waals surface area contributed by atoms with E-state index in [1.165, 1.54) is 4.88 Å². The molecule has 3 heterocycles. The van der Waals surface area contributed by atoms with Crippen LogP contribution in [0.4, 0.5) is 0 Å². The molecule has 19 heavy (non-hydrogen) atoms. The molecule has 0 N–H and O–H groups in total. The second kappa shape index (κ2) is 4.14. The predicted molar refractivity (Wildman–Crippen MR) is 80.4 cm³/mol. The van der Waals surface area contributed by atoms with Crippen molar-refractivity contribution in [2.24, 2.45) is 0 Å². The van der Waals surface area contributed by atoms with Crippen LogP contribution in [0, 0.1) is 0 Å². The number of hydrogen-bond donors (Lipinski definition) is 0. The number of benzene rings is 1. The maximum absolute atomic E-state index is 4.72. The minimum atomic E-state index is 0.949. The second-order valence-electron chi connectivity index (χ2n) is 4.38. The molecular weight excluding hydrogens is 252 g/mol. The molecule has 0 saturated carbocycles. The second-order valence-corrected chi connectivity index (χ2v) is 5.33. The number of pyridine rings is 2. The van der Waals surface area contributed by atoms with E-state index in [2.05, 4.69) is 34.6 Å². The average molecular weight is 262 g/mol. The van der Waals surface area contributed by atoms with Gasteiger partial charge in [-0.15, -0.1) is 11.3 Å². The highest BCUT2D eigenvalue weighted by molar-refractivity contribution is 7.13. The van der Waals surface area contributed by atoms with Gasteiger partial charge in [0.25, 0.3) is 0 Å². The van der Waals surface area contributed by atoms with Crippen LogP contribution in [0.3, 0.4) is 0 Å². The third-order valence-electron chi connectivity index (χ3n) is 3.22. The summed E-state index contributed by atoms with van der Waals surface area (Å²) in [5, 5.41) is 4.39. The number of nitrogens with zero attached hydrogens (tertiary/aromatic N) is 2. The molecule has 2 nitrogen and oxygen atoms in total. The fourth-order valence-corrected chi connectivity index (χ4v) is 3.00. The van der Waals surface area contributed by atoms with E-state index in [9.17, 15) is 0 Å². The lowest BCUT2D eigenvalue weighted by atomic mass is 10.1. The number of hydrogen-bond acceptors (Lipinski definition) is 3. The van der Waals surface area contributed by atoms with E-state index in [4.69, 9.17) is 4.98 Å². The molecule has 0 saturated heterocycles. The van der Waals surface area contributed by atoms with Gasteiger partial charge in [0.15, 0.2) is 0 Å². The van der Waals surface area contributed by atoms with Crippen molar-refractivity contribution in [3.8, 4) is 10.6 Å². The van der Waals surface area contributed by atoms with Crippen LogP contribution in [0.5, 0.6) is 0 Å². The minimum Gasteiger partial charge on any atom is -0.254 e. The summed E-state index contributed by atoms with van der Waals surface area (Å²) in [5.41, 5.74) is 2.98. The van der Waals surface area contributed by atoms with Gasteiger partial charge < -0.3 is 0 Å². The van der Waals surface area contributed by atoms with Crippen molar-refractivity contribution < 1.29 is 0 Å². The fraction of sp³-hybridized carbons (Fsp3) is 0. The van der Waals surface area contributed by atoms with Crippen LogP contribution in [0.2, 0.25) is 0 Å². The molecule has 0 aliphatic heterocycles. The van der Waals surface area contributed by atoms with Gasteiger partial charge >= 0.3 is 0 Å². The Balaban J connectivity index is 2.03. The lowest BCUT2D eigenvalue weighted by Gasteiger charge is -2.04. The van der Waals surface area contributed by atoms with Crippen LogP contribution >= 0.6 is 11.3 Å². The van der Waals surface area contributed by atoms with Crippen molar-refractivity contribution in [2.75, 3.05) is 0 Å². The zero-order valence-corrected chi connectivity index (χ0v) is 10.9. The van der Waals surface area contributed by atoms with Crippen LogP contribution in [-0.2, 0) is 0 Å². The van der Waals surface area contributed by atoms with Crippen LogP contribution in [-0.4, -0.2) is 9.97 Å². The summed E-state index contributed by atoms with van der Waals surface area (Å²) in [6, 6.07) is 16.5. The summed E-state index contributed by atoms with van der Waals surface area (Å²) >= 11 is 1.71.